The third-order valence-corrected chi connectivity index (χ3v) is 5.92. The topological polar surface area (TPSA) is 103 Å². The molecule has 26 heavy (non-hydrogen) atoms. The van der Waals surface area contributed by atoms with Gasteiger partial charge in [-0.1, -0.05) is 11.3 Å². The van der Waals surface area contributed by atoms with Crippen molar-refractivity contribution in [2.75, 3.05) is 55.1 Å². The summed E-state index contributed by atoms with van der Waals surface area (Å²) in [5.74, 6) is 2.59. The second-order valence-corrected chi connectivity index (χ2v) is 7.87. The third kappa shape index (κ3) is 2.60. The van der Waals surface area contributed by atoms with Crippen molar-refractivity contribution in [3.63, 3.8) is 0 Å². The van der Waals surface area contributed by atoms with Gasteiger partial charge in [0.25, 0.3) is 0 Å². The van der Waals surface area contributed by atoms with E-state index in [1.165, 1.54) is 16.9 Å². The van der Waals surface area contributed by atoms with Crippen LogP contribution in [0.15, 0.2) is 0 Å². The van der Waals surface area contributed by atoms with Gasteiger partial charge in [0.05, 0.1) is 38.5 Å². The summed E-state index contributed by atoms with van der Waals surface area (Å²) in [4.78, 5) is 14.4. The molecule has 2 fully saturated rings. The lowest BCUT2D eigenvalue weighted by Crippen LogP contribution is -2.44. The Hall–Kier alpha value is -2.04. The highest BCUT2D eigenvalue weighted by atomic mass is 32.1. The first-order chi connectivity index (χ1) is 12.7. The summed E-state index contributed by atoms with van der Waals surface area (Å²) in [5.41, 5.74) is 6.98. The predicted molar refractivity (Wildman–Crippen MR) is 98.6 cm³/mol. The first kappa shape index (κ1) is 16.2. The van der Waals surface area contributed by atoms with Crippen molar-refractivity contribution in [1.82, 2.24) is 20.2 Å². The first-order valence-corrected chi connectivity index (χ1v) is 9.71. The molecule has 3 aliphatic rings. The number of morpholine rings is 2. The summed E-state index contributed by atoms with van der Waals surface area (Å²) in [6, 6.07) is 0.599. The van der Waals surface area contributed by atoms with E-state index >= 15 is 0 Å². The van der Waals surface area contributed by atoms with Crippen LogP contribution in [0.2, 0.25) is 0 Å². The standard InChI is InChI=1S/C16H21N7O2S/c1-9-7-24-4-2-22(9)13-11-6-10-8-25-5-3-23(10)14(11)19-12(18-13)15-20-21-16(17)26-15/h9-10H,2-8H2,1H3,(H2,17,21)/t9-,10-/m1/s1. The lowest BCUT2D eigenvalue weighted by Gasteiger charge is -2.35. The number of hydrogen-bond donors (Lipinski definition) is 1. The number of nitrogens with two attached hydrogens (primary N) is 1. The molecule has 0 saturated carbocycles. The first-order valence-electron chi connectivity index (χ1n) is 8.89. The Balaban J connectivity index is 1.64. The van der Waals surface area contributed by atoms with E-state index in [0.717, 1.165) is 44.4 Å². The summed E-state index contributed by atoms with van der Waals surface area (Å²) in [6.07, 6.45) is 0.910. The van der Waals surface area contributed by atoms with Gasteiger partial charge in [0.2, 0.25) is 5.13 Å². The zero-order valence-electron chi connectivity index (χ0n) is 14.6. The van der Waals surface area contributed by atoms with Gasteiger partial charge in [0.1, 0.15) is 11.6 Å². The molecule has 2 atom stereocenters. The van der Waals surface area contributed by atoms with Crippen LogP contribution in [-0.2, 0) is 15.9 Å². The lowest BCUT2D eigenvalue weighted by molar-refractivity contribution is 0.0967. The number of fused-ring (bicyclic) bond motifs is 3. The van der Waals surface area contributed by atoms with Gasteiger partial charge in [-0.15, -0.1) is 10.2 Å². The maximum atomic E-state index is 5.77. The largest absolute Gasteiger partial charge is 0.377 e. The summed E-state index contributed by atoms with van der Waals surface area (Å²) in [6.45, 7) is 6.71. The molecule has 0 unspecified atom stereocenters. The molecule has 5 heterocycles. The van der Waals surface area contributed by atoms with Gasteiger partial charge in [-0.25, -0.2) is 9.97 Å². The van der Waals surface area contributed by atoms with Crippen molar-refractivity contribution in [2.24, 2.45) is 0 Å². The van der Waals surface area contributed by atoms with Gasteiger partial charge in [-0.3, -0.25) is 0 Å². The molecule has 0 spiro atoms. The highest BCUT2D eigenvalue weighted by Gasteiger charge is 2.38. The van der Waals surface area contributed by atoms with E-state index in [-0.39, 0.29) is 6.04 Å². The monoisotopic (exact) mass is 375 g/mol. The van der Waals surface area contributed by atoms with E-state index in [0.29, 0.717) is 35.2 Å². The van der Waals surface area contributed by atoms with E-state index in [9.17, 15) is 0 Å². The third-order valence-electron chi connectivity index (χ3n) is 5.17. The van der Waals surface area contributed by atoms with Crippen LogP contribution in [0.4, 0.5) is 16.8 Å². The average molecular weight is 375 g/mol. The van der Waals surface area contributed by atoms with Gasteiger partial charge < -0.3 is 25.0 Å². The molecule has 0 bridgehead atoms. The minimum Gasteiger partial charge on any atom is -0.377 e. The number of hydrogen-bond acceptors (Lipinski definition) is 10. The second kappa shape index (κ2) is 6.29. The van der Waals surface area contributed by atoms with Crippen LogP contribution in [0.1, 0.15) is 12.5 Å². The fraction of sp³-hybridized carbons (Fsp3) is 0.625. The number of aromatic nitrogens is 4. The molecule has 138 valence electrons. The molecule has 5 rings (SSSR count). The van der Waals surface area contributed by atoms with Crippen molar-refractivity contribution in [2.45, 2.75) is 25.4 Å². The molecule has 2 N–H and O–H groups in total. The highest BCUT2D eigenvalue weighted by Crippen LogP contribution is 2.40. The Kier molecular flexibility index (Phi) is 3.91. The lowest BCUT2D eigenvalue weighted by atomic mass is 10.1. The Morgan fingerprint density at radius 1 is 1.04 bits per heavy atom. The smallest absolute Gasteiger partial charge is 0.203 e. The van der Waals surface area contributed by atoms with Gasteiger partial charge in [0, 0.05) is 25.1 Å². The summed E-state index contributed by atoms with van der Waals surface area (Å²) in [7, 11) is 0. The summed E-state index contributed by atoms with van der Waals surface area (Å²) >= 11 is 1.32. The molecular formula is C16H21N7O2S. The molecule has 0 amide bonds. The minimum atomic E-state index is 0.268. The van der Waals surface area contributed by atoms with Crippen molar-refractivity contribution in [3.8, 4) is 10.8 Å². The summed E-state index contributed by atoms with van der Waals surface area (Å²) < 4.78 is 11.3. The van der Waals surface area contributed by atoms with Crippen LogP contribution in [0, 0.1) is 0 Å². The number of anilines is 3. The van der Waals surface area contributed by atoms with E-state index < -0.39 is 0 Å². The van der Waals surface area contributed by atoms with Crippen LogP contribution in [0.3, 0.4) is 0 Å². The average Bonchev–Trinajstić information content (AvgIpc) is 3.25. The van der Waals surface area contributed by atoms with E-state index in [4.69, 9.17) is 25.2 Å². The van der Waals surface area contributed by atoms with Crippen LogP contribution in [0.25, 0.3) is 10.8 Å². The number of nitrogen functional groups attached to an aromatic ring is 1. The van der Waals surface area contributed by atoms with Crippen LogP contribution < -0.4 is 15.5 Å². The maximum Gasteiger partial charge on any atom is 0.203 e. The fourth-order valence-corrected chi connectivity index (χ4v) is 4.46. The van der Waals surface area contributed by atoms with Gasteiger partial charge in [0.15, 0.2) is 10.8 Å². The van der Waals surface area contributed by atoms with E-state index in [1.807, 2.05) is 0 Å². The number of ether oxygens (including phenoxy) is 2. The molecule has 0 radical (unpaired) electrons. The van der Waals surface area contributed by atoms with Gasteiger partial charge in [-0.05, 0) is 6.92 Å². The van der Waals surface area contributed by atoms with Gasteiger partial charge in [-0.2, -0.15) is 0 Å². The molecular weight excluding hydrogens is 354 g/mol. The Morgan fingerprint density at radius 3 is 2.50 bits per heavy atom. The molecule has 0 aliphatic carbocycles. The molecule has 2 saturated heterocycles. The Morgan fingerprint density at radius 2 is 1.77 bits per heavy atom. The van der Waals surface area contributed by atoms with Crippen molar-refractivity contribution >= 4 is 28.1 Å². The van der Waals surface area contributed by atoms with Crippen molar-refractivity contribution < 1.29 is 9.47 Å². The Labute approximate surface area is 155 Å². The highest BCUT2D eigenvalue weighted by molar-refractivity contribution is 7.18. The molecule has 10 heteroatoms. The minimum absolute atomic E-state index is 0.268. The molecule has 9 nitrogen and oxygen atoms in total. The Bertz CT molecular complexity index is 829. The molecule has 2 aromatic heterocycles. The summed E-state index contributed by atoms with van der Waals surface area (Å²) in [5, 5.41) is 9.16. The number of nitrogens with zero attached hydrogens (tertiary/aromatic N) is 6. The SMILES string of the molecule is C[C@@H]1COCCN1c1nc(-c2nnc(N)s2)nc2c1C[C@@H]1COCCN21. The van der Waals surface area contributed by atoms with Crippen molar-refractivity contribution in [3.05, 3.63) is 5.56 Å². The van der Waals surface area contributed by atoms with Crippen LogP contribution in [-0.4, -0.2) is 71.8 Å². The van der Waals surface area contributed by atoms with Gasteiger partial charge >= 0.3 is 0 Å². The van der Waals surface area contributed by atoms with Crippen LogP contribution in [0.5, 0.6) is 0 Å². The van der Waals surface area contributed by atoms with E-state index in [1.54, 1.807) is 0 Å². The zero-order chi connectivity index (χ0) is 17.7. The van der Waals surface area contributed by atoms with Crippen molar-refractivity contribution in [1.29, 1.82) is 0 Å². The molecule has 0 aromatic carbocycles. The quantitative estimate of drug-likeness (QED) is 0.806. The fourth-order valence-electron chi connectivity index (χ4n) is 3.92. The zero-order valence-corrected chi connectivity index (χ0v) is 15.4. The second-order valence-electron chi connectivity index (χ2n) is 6.86. The van der Waals surface area contributed by atoms with E-state index in [2.05, 4.69) is 26.9 Å². The van der Waals surface area contributed by atoms with Crippen LogP contribution >= 0.6 is 11.3 Å². The molecule has 3 aliphatic heterocycles. The maximum absolute atomic E-state index is 5.77. The predicted octanol–water partition coefficient (Wildman–Crippen LogP) is 0.564. The molecule has 2 aromatic rings. The normalized spacial score (nSPS) is 25.3. The number of rotatable bonds is 2.